The molecule has 3 nitrogen and oxygen atoms in total. The fraction of sp³-hybridized carbons (Fsp3) is 0.895. The van der Waals surface area contributed by atoms with Crippen molar-refractivity contribution in [2.24, 2.45) is 0 Å². The van der Waals surface area contributed by atoms with E-state index in [4.69, 9.17) is 9.47 Å². The van der Waals surface area contributed by atoms with Gasteiger partial charge in [0.15, 0.2) is 0 Å². The molecule has 0 aliphatic rings. The van der Waals surface area contributed by atoms with E-state index in [-0.39, 0.29) is 6.10 Å². The van der Waals surface area contributed by atoms with E-state index < -0.39 is 0 Å². The predicted octanol–water partition coefficient (Wildman–Crippen LogP) is 5.23. The third-order valence-electron chi connectivity index (χ3n) is 3.83. The molecule has 0 aromatic carbocycles. The molecule has 3 heteroatoms. The van der Waals surface area contributed by atoms with Gasteiger partial charge in [0.25, 0.3) is 0 Å². The molecule has 0 spiro atoms. The Morgan fingerprint density at radius 2 is 1.64 bits per heavy atom. The Balaban J connectivity index is 3.19. The van der Waals surface area contributed by atoms with E-state index in [0.717, 1.165) is 38.7 Å². The molecule has 0 saturated heterocycles. The van der Waals surface area contributed by atoms with Gasteiger partial charge in [-0.1, -0.05) is 64.0 Å². The highest BCUT2D eigenvalue weighted by Crippen LogP contribution is 2.10. The maximum absolute atomic E-state index is 9.84. The number of methoxy groups -OCH3 is 1. The molecular formula is C19H38O3. The van der Waals surface area contributed by atoms with Gasteiger partial charge in [0.1, 0.15) is 6.79 Å². The molecular weight excluding hydrogens is 276 g/mol. The van der Waals surface area contributed by atoms with Crippen LogP contribution in [0.4, 0.5) is 0 Å². The van der Waals surface area contributed by atoms with Crippen molar-refractivity contribution in [2.45, 2.75) is 90.1 Å². The van der Waals surface area contributed by atoms with Gasteiger partial charge in [0.05, 0.1) is 6.10 Å². The van der Waals surface area contributed by atoms with Crippen LogP contribution < -0.4 is 0 Å². The van der Waals surface area contributed by atoms with Gasteiger partial charge in [-0.25, -0.2) is 0 Å². The first-order valence-corrected chi connectivity index (χ1v) is 9.21. The van der Waals surface area contributed by atoms with Crippen molar-refractivity contribution in [3.05, 3.63) is 12.2 Å². The van der Waals surface area contributed by atoms with Crippen LogP contribution >= 0.6 is 0 Å². The monoisotopic (exact) mass is 314 g/mol. The van der Waals surface area contributed by atoms with Crippen molar-refractivity contribution in [1.29, 1.82) is 0 Å². The summed E-state index contributed by atoms with van der Waals surface area (Å²) in [5.41, 5.74) is 0. The van der Waals surface area contributed by atoms with E-state index in [1.54, 1.807) is 7.11 Å². The molecule has 0 fully saturated rings. The summed E-state index contributed by atoms with van der Waals surface area (Å²) in [6.07, 6.45) is 18.3. The molecule has 132 valence electrons. The minimum atomic E-state index is -0.139. The second-order valence-electron chi connectivity index (χ2n) is 6.08. The van der Waals surface area contributed by atoms with Gasteiger partial charge in [0, 0.05) is 13.7 Å². The lowest BCUT2D eigenvalue weighted by Gasteiger charge is -2.07. The van der Waals surface area contributed by atoms with Gasteiger partial charge in [-0.3, -0.25) is 0 Å². The standard InChI is InChI=1S/C19H38O3/c1-3-4-5-12-15-19(20)16-13-10-8-6-7-9-11-14-17-22-18-21-2/h10,13,19-20H,3-9,11-12,14-18H2,1-2H3. The van der Waals surface area contributed by atoms with E-state index in [1.807, 2.05) is 0 Å². The fourth-order valence-corrected chi connectivity index (χ4v) is 2.43. The first kappa shape index (κ1) is 21.6. The Hall–Kier alpha value is -0.380. The molecule has 0 rings (SSSR count). The van der Waals surface area contributed by atoms with Gasteiger partial charge in [-0.05, 0) is 32.1 Å². The average molecular weight is 315 g/mol. The van der Waals surface area contributed by atoms with Crippen molar-refractivity contribution in [3.8, 4) is 0 Å². The summed E-state index contributed by atoms with van der Waals surface area (Å²) in [5.74, 6) is 0. The number of unbranched alkanes of at least 4 members (excludes halogenated alkanes) is 8. The fourth-order valence-electron chi connectivity index (χ4n) is 2.43. The first-order valence-electron chi connectivity index (χ1n) is 9.21. The largest absolute Gasteiger partial charge is 0.393 e. The molecule has 0 aliphatic heterocycles. The summed E-state index contributed by atoms with van der Waals surface area (Å²) in [5, 5.41) is 9.84. The number of hydrogen-bond donors (Lipinski definition) is 1. The zero-order valence-electron chi connectivity index (χ0n) is 14.9. The molecule has 0 heterocycles. The van der Waals surface area contributed by atoms with E-state index in [1.165, 1.54) is 44.9 Å². The molecule has 0 aromatic rings. The summed E-state index contributed by atoms with van der Waals surface area (Å²) < 4.78 is 10.1. The van der Waals surface area contributed by atoms with Crippen LogP contribution in [0.1, 0.15) is 84.0 Å². The molecule has 0 radical (unpaired) electrons. The zero-order chi connectivity index (χ0) is 16.3. The summed E-state index contributed by atoms with van der Waals surface area (Å²) in [7, 11) is 1.65. The molecule has 0 aliphatic carbocycles. The van der Waals surface area contributed by atoms with Crippen LogP contribution in [0.25, 0.3) is 0 Å². The van der Waals surface area contributed by atoms with Crippen molar-refractivity contribution in [1.82, 2.24) is 0 Å². The van der Waals surface area contributed by atoms with Crippen LogP contribution in [0.15, 0.2) is 12.2 Å². The predicted molar refractivity (Wildman–Crippen MR) is 94.1 cm³/mol. The summed E-state index contributed by atoms with van der Waals surface area (Å²) in [4.78, 5) is 0. The number of rotatable bonds is 17. The number of aliphatic hydroxyl groups is 1. The van der Waals surface area contributed by atoms with Gasteiger partial charge in [-0.2, -0.15) is 0 Å². The van der Waals surface area contributed by atoms with E-state index in [9.17, 15) is 5.11 Å². The smallest absolute Gasteiger partial charge is 0.146 e. The highest BCUT2D eigenvalue weighted by Gasteiger charge is 2.00. The van der Waals surface area contributed by atoms with E-state index in [2.05, 4.69) is 19.1 Å². The topological polar surface area (TPSA) is 38.7 Å². The number of allylic oxidation sites excluding steroid dienone is 1. The normalized spacial score (nSPS) is 13.0. The van der Waals surface area contributed by atoms with Crippen LogP contribution in [0.2, 0.25) is 0 Å². The lowest BCUT2D eigenvalue weighted by Crippen LogP contribution is -2.04. The lowest BCUT2D eigenvalue weighted by molar-refractivity contribution is -0.0315. The molecule has 0 amide bonds. The molecule has 22 heavy (non-hydrogen) atoms. The minimum Gasteiger partial charge on any atom is -0.393 e. The van der Waals surface area contributed by atoms with E-state index in [0.29, 0.717) is 6.79 Å². The maximum atomic E-state index is 9.84. The van der Waals surface area contributed by atoms with Crippen molar-refractivity contribution in [2.75, 3.05) is 20.5 Å². The lowest BCUT2D eigenvalue weighted by atomic mass is 10.1. The highest BCUT2D eigenvalue weighted by atomic mass is 16.7. The second kappa shape index (κ2) is 18.7. The molecule has 1 atom stereocenters. The van der Waals surface area contributed by atoms with Crippen molar-refractivity contribution >= 4 is 0 Å². The van der Waals surface area contributed by atoms with Crippen LogP contribution in [-0.4, -0.2) is 31.7 Å². The van der Waals surface area contributed by atoms with Crippen LogP contribution in [0.3, 0.4) is 0 Å². The molecule has 1 unspecified atom stereocenters. The molecule has 0 saturated carbocycles. The Kier molecular flexibility index (Phi) is 18.3. The third kappa shape index (κ3) is 17.7. The third-order valence-corrected chi connectivity index (χ3v) is 3.83. The average Bonchev–Trinajstić information content (AvgIpc) is 2.52. The summed E-state index contributed by atoms with van der Waals surface area (Å²) >= 11 is 0. The van der Waals surface area contributed by atoms with Gasteiger partial charge in [0.2, 0.25) is 0 Å². The van der Waals surface area contributed by atoms with Crippen molar-refractivity contribution in [3.63, 3.8) is 0 Å². The van der Waals surface area contributed by atoms with Gasteiger partial charge in [-0.15, -0.1) is 0 Å². The van der Waals surface area contributed by atoms with Crippen molar-refractivity contribution < 1.29 is 14.6 Å². The van der Waals surface area contributed by atoms with Gasteiger partial charge < -0.3 is 14.6 Å². The maximum Gasteiger partial charge on any atom is 0.146 e. The first-order chi connectivity index (χ1) is 10.8. The van der Waals surface area contributed by atoms with Crippen LogP contribution in [0.5, 0.6) is 0 Å². The number of ether oxygens (including phenoxy) is 2. The quantitative estimate of drug-likeness (QED) is 0.227. The second-order valence-corrected chi connectivity index (χ2v) is 6.08. The number of hydrogen-bond acceptors (Lipinski definition) is 3. The highest BCUT2D eigenvalue weighted by molar-refractivity contribution is 4.83. The minimum absolute atomic E-state index is 0.139. The van der Waals surface area contributed by atoms with Gasteiger partial charge >= 0.3 is 0 Å². The Morgan fingerprint density at radius 3 is 2.41 bits per heavy atom. The molecule has 1 N–H and O–H groups in total. The number of aliphatic hydroxyl groups excluding tert-OH is 1. The Morgan fingerprint density at radius 1 is 0.909 bits per heavy atom. The molecule has 0 bridgehead atoms. The van der Waals surface area contributed by atoms with Crippen LogP contribution in [0, 0.1) is 0 Å². The zero-order valence-corrected chi connectivity index (χ0v) is 14.9. The Labute approximate surface area is 138 Å². The summed E-state index contributed by atoms with van der Waals surface area (Å²) in [6.45, 7) is 3.44. The summed E-state index contributed by atoms with van der Waals surface area (Å²) in [6, 6.07) is 0. The SMILES string of the molecule is CCCCCCC(O)CC=CCCCCCCCOCOC. The Bertz CT molecular complexity index is 229. The molecule has 0 aromatic heterocycles. The van der Waals surface area contributed by atoms with Crippen LogP contribution in [-0.2, 0) is 9.47 Å². The van der Waals surface area contributed by atoms with E-state index >= 15 is 0 Å².